The van der Waals surface area contributed by atoms with Crippen LogP contribution in [0.1, 0.15) is 24.4 Å². The third-order valence-corrected chi connectivity index (χ3v) is 3.75. The molecule has 2 N–H and O–H groups in total. The van der Waals surface area contributed by atoms with Gasteiger partial charge in [0.1, 0.15) is 6.04 Å². The molecule has 3 aromatic rings. The van der Waals surface area contributed by atoms with Crippen molar-refractivity contribution in [2.45, 2.75) is 19.9 Å². The Morgan fingerprint density at radius 2 is 2.00 bits per heavy atom. The first-order valence-corrected chi connectivity index (χ1v) is 8.13. The van der Waals surface area contributed by atoms with Crippen molar-refractivity contribution in [3.63, 3.8) is 0 Å². The standard InChI is InChI=1S/C18H17ClN4O2/c1-11-5-3-8-15(9-11)21-18(24)20-12(2)17-22-16(23-25-17)13-6-4-7-14(19)10-13/h3-10,12H,1-2H3,(H2,20,21,24). The van der Waals surface area contributed by atoms with Gasteiger partial charge in [0.2, 0.25) is 11.7 Å². The van der Waals surface area contributed by atoms with Gasteiger partial charge in [-0.3, -0.25) is 0 Å². The SMILES string of the molecule is Cc1cccc(NC(=O)NC(C)c2nc(-c3cccc(Cl)c3)no2)c1. The number of benzene rings is 2. The Labute approximate surface area is 150 Å². The number of aryl methyl sites for hydroxylation is 1. The van der Waals surface area contributed by atoms with E-state index in [1.54, 1.807) is 19.1 Å². The molecule has 0 radical (unpaired) electrons. The maximum absolute atomic E-state index is 12.1. The highest BCUT2D eigenvalue weighted by atomic mass is 35.5. The third kappa shape index (κ3) is 4.36. The molecular formula is C18H17ClN4O2. The van der Waals surface area contributed by atoms with Crippen molar-refractivity contribution in [1.82, 2.24) is 15.5 Å². The van der Waals surface area contributed by atoms with Crippen molar-refractivity contribution in [3.05, 3.63) is 65.0 Å². The molecule has 2 amide bonds. The summed E-state index contributed by atoms with van der Waals surface area (Å²) in [5.41, 5.74) is 2.53. The molecule has 7 heteroatoms. The zero-order valence-corrected chi connectivity index (χ0v) is 14.5. The summed E-state index contributed by atoms with van der Waals surface area (Å²) in [6, 6.07) is 13.9. The number of aromatic nitrogens is 2. The van der Waals surface area contributed by atoms with E-state index in [0.29, 0.717) is 16.7 Å². The average molecular weight is 357 g/mol. The van der Waals surface area contributed by atoms with Gasteiger partial charge in [-0.15, -0.1) is 0 Å². The first-order valence-electron chi connectivity index (χ1n) is 7.75. The van der Waals surface area contributed by atoms with Crippen LogP contribution in [0.5, 0.6) is 0 Å². The number of nitrogens with one attached hydrogen (secondary N) is 2. The number of carbonyl (C=O) groups is 1. The highest BCUT2D eigenvalue weighted by Gasteiger charge is 2.17. The molecule has 1 aromatic heterocycles. The van der Waals surface area contributed by atoms with Crippen LogP contribution in [0.3, 0.4) is 0 Å². The fourth-order valence-corrected chi connectivity index (χ4v) is 2.49. The van der Waals surface area contributed by atoms with E-state index in [2.05, 4.69) is 20.8 Å². The van der Waals surface area contributed by atoms with E-state index in [9.17, 15) is 4.79 Å². The number of carbonyl (C=O) groups excluding carboxylic acids is 1. The van der Waals surface area contributed by atoms with Crippen LogP contribution < -0.4 is 10.6 Å². The van der Waals surface area contributed by atoms with Gasteiger partial charge in [-0.2, -0.15) is 4.98 Å². The second-order valence-electron chi connectivity index (χ2n) is 5.66. The summed E-state index contributed by atoms with van der Waals surface area (Å²) < 4.78 is 5.24. The molecule has 0 spiro atoms. The van der Waals surface area contributed by atoms with E-state index in [-0.39, 0.29) is 6.03 Å². The Morgan fingerprint density at radius 3 is 2.76 bits per heavy atom. The average Bonchev–Trinajstić information content (AvgIpc) is 3.05. The Balaban J connectivity index is 1.65. The molecule has 0 fully saturated rings. The minimum absolute atomic E-state index is 0.314. The number of anilines is 1. The van der Waals surface area contributed by atoms with Crippen molar-refractivity contribution in [2.75, 3.05) is 5.32 Å². The van der Waals surface area contributed by atoms with Crippen molar-refractivity contribution in [2.24, 2.45) is 0 Å². The monoisotopic (exact) mass is 356 g/mol. The highest BCUT2D eigenvalue weighted by Crippen LogP contribution is 2.21. The van der Waals surface area contributed by atoms with Crippen LogP contribution in [0, 0.1) is 6.92 Å². The van der Waals surface area contributed by atoms with E-state index < -0.39 is 6.04 Å². The summed E-state index contributed by atoms with van der Waals surface area (Å²) in [7, 11) is 0. The number of halogens is 1. The number of hydrogen-bond donors (Lipinski definition) is 2. The maximum Gasteiger partial charge on any atom is 0.319 e. The second-order valence-corrected chi connectivity index (χ2v) is 6.09. The predicted molar refractivity (Wildman–Crippen MR) is 96.5 cm³/mol. The fourth-order valence-electron chi connectivity index (χ4n) is 2.30. The molecule has 0 saturated carbocycles. The van der Waals surface area contributed by atoms with E-state index in [1.807, 2.05) is 43.3 Å². The van der Waals surface area contributed by atoms with Gasteiger partial charge < -0.3 is 15.2 Å². The van der Waals surface area contributed by atoms with E-state index in [4.69, 9.17) is 16.1 Å². The first kappa shape index (κ1) is 17.0. The molecule has 1 unspecified atom stereocenters. The van der Waals surface area contributed by atoms with Crippen LogP contribution in [-0.2, 0) is 0 Å². The minimum Gasteiger partial charge on any atom is -0.337 e. The van der Waals surface area contributed by atoms with Gasteiger partial charge in [-0.05, 0) is 43.7 Å². The molecular weight excluding hydrogens is 340 g/mol. The summed E-state index contributed by atoms with van der Waals surface area (Å²) in [5.74, 6) is 0.736. The lowest BCUT2D eigenvalue weighted by molar-refractivity contribution is 0.245. The molecule has 128 valence electrons. The summed E-state index contributed by atoms with van der Waals surface area (Å²) in [4.78, 5) is 16.4. The maximum atomic E-state index is 12.1. The van der Waals surface area contributed by atoms with Crippen LogP contribution in [0.2, 0.25) is 5.02 Å². The summed E-state index contributed by atoms with van der Waals surface area (Å²) in [6.45, 7) is 3.73. The molecule has 1 heterocycles. The smallest absolute Gasteiger partial charge is 0.319 e. The second kappa shape index (κ2) is 7.36. The molecule has 0 aliphatic heterocycles. The number of hydrogen-bond acceptors (Lipinski definition) is 4. The number of rotatable bonds is 4. The molecule has 0 saturated heterocycles. The first-order chi connectivity index (χ1) is 12.0. The lowest BCUT2D eigenvalue weighted by atomic mass is 10.2. The summed E-state index contributed by atoms with van der Waals surface area (Å²) in [5, 5.41) is 10.1. The topological polar surface area (TPSA) is 80.0 Å². The number of nitrogens with zero attached hydrogens (tertiary/aromatic N) is 2. The predicted octanol–water partition coefficient (Wildman–Crippen LogP) is 4.58. The van der Waals surface area contributed by atoms with Gasteiger partial charge in [0, 0.05) is 16.3 Å². The van der Waals surface area contributed by atoms with Crippen LogP contribution >= 0.6 is 11.6 Å². The normalized spacial score (nSPS) is 11.8. The van der Waals surface area contributed by atoms with Crippen molar-refractivity contribution in [1.29, 1.82) is 0 Å². The number of amides is 2. The van der Waals surface area contributed by atoms with Gasteiger partial charge in [-0.1, -0.05) is 41.0 Å². The lowest BCUT2D eigenvalue weighted by Crippen LogP contribution is -2.31. The quantitative estimate of drug-likeness (QED) is 0.717. The molecule has 0 aliphatic rings. The fraction of sp³-hybridized carbons (Fsp3) is 0.167. The van der Waals surface area contributed by atoms with Crippen LogP contribution in [-0.4, -0.2) is 16.2 Å². The van der Waals surface area contributed by atoms with E-state index in [1.165, 1.54) is 0 Å². The zero-order chi connectivity index (χ0) is 17.8. The zero-order valence-electron chi connectivity index (χ0n) is 13.8. The van der Waals surface area contributed by atoms with Crippen LogP contribution in [0.15, 0.2) is 53.1 Å². The van der Waals surface area contributed by atoms with Gasteiger partial charge >= 0.3 is 6.03 Å². The van der Waals surface area contributed by atoms with Crippen LogP contribution in [0.4, 0.5) is 10.5 Å². The Hall–Kier alpha value is -2.86. The Morgan fingerprint density at radius 1 is 1.20 bits per heavy atom. The Kier molecular flexibility index (Phi) is 5.00. The van der Waals surface area contributed by atoms with Crippen LogP contribution in [0.25, 0.3) is 11.4 Å². The highest BCUT2D eigenvalue weighted by molar-refractivity contribution is 6.30. The minimum atomic E-state index is -0.440. The third-order valence-electron chi connectivity index (χ3n) is 3.52. The molecule has 3 rings (SSSR count). The lowest BCUT2D eigenvalue weighted by Gasteiger charge is -2.11. The molecule has 0 bridgehead atoms. The van der Waals surface area contributed by atoms with E-state index in [0.717, 1.165) is 16.8 Å². The Bertz CT molecular complexity index is 894. The van der Waals surface area contributed by atoms with Crippen molar-refractivity contribution in [3.8, 4) is 11.4 Å². The van der Waals surface area contributed by atoms with Gasteiger partial charge in [0.25, 0.3) is 0 Å². The molecule has 1 atom stereocenters. The van der Waals surface area contributed by atoms with E-state index >= 15 is 0 Å². The largest absolute Gasteiger partial charge is 0.337 e. The van der Waals surface area contributed by atoms with Gasteiger partial charge in [0.05, 0.1) is 0 Å². The van der Waals surface area contributed by atoms with Gasteiger partial charge in [0.15, 0.2) is 0 Å². The molecule has 2 aromatic carbocycles. The number of urea groups is 1. The molecule has 25 heavy (non-hydrogen) atoms. The van der Waals surface area contributed by atoms with Crippen molar-refractivity contribution < 1.29 is 9.32 Å². The summed E-state index contributed by atoms with van der Waals surface area (Å²) in [6.07, 6.45) is 0. The van der Waals surface area contributed by atoms with Crippen molar-refractivity contribution >= 4 is 23.3 Å². The molecule has 6 nitrogen and oxygen atoms in total. The molecule has 0 aliphatic carbocycles. The van der Waals surface area contributed by atoms with Gasteiger partial charge in [-0.25, -0.2) is 4.79 Å². The summed E-state index contributed by atoms with van der Waals surface area (Å²) >= 11 is 5.97.